The van der Waals surface area contributed by atoms with Crippen LogP contribution in [0.5, 0.6) is 0 Å². The van der Waals surface area contributed by atoms with Gasteiger partial charge in [-0.25, -0.2) is 0 Å². The summed E-state index contributed by atoms with van der Waals surface area (Å²) in [6, 6.07) is 7.02. The van der Waals surface area contributed by atoms with Gasteiger partial charge in [0.1, 0.15) is 6.04 Å². The number of fused-ring (bicyclic) bond motifs is 1. The smallest absolute Gasteiger partial charge is 0.327 e. The highest BCUT2D eigenvalue weighted by molar-refractivity contribution is 5.90. The van der Waals surface area contributed by atoms with Crippen LogP contribution in [0.2, 0.25) is 0 Å². The summed E-state index contributed by atoms with van der Waals surface area (Å²) in [6.07, 6.45) is 0. The van der Waals surface area contributed by atoms with Crippen LogP contribution in [0, 0.1) is 6.92 Å². The maximum atomic E-state index is 11.4. The molecule has 1 atom stereocenters. The highest BCUT2D eigenvalue weighted by Crippen LogP contribution is 2.26. The second-order valence-electron chi connectivity index (χ2n) is 3.71. The van der Waals surface area contributed by atoms with Gasteiger partial charge in [-0.3, -0.25) is 4.79 Å². The number of methoxy groups -OCH3 is 1. The van der Waals surface area contributed by atoms with E-state index < -0.39 is 12.0 Å². The van der Waals surface area contributed by atoms with Gasteiger partial charge in [0, 0.05) is 22.2 Å². The van der Waals surface area contributed by atoms with E-state index in [0.717, 1.165) is 22.2 Å². The number of nitrogens with one attached hydrogen (secondary N) is 1. The van der Waals surface area contributed by atoms with Crippen LogP contribution in [0.1, 0.15) is 17.3 Å². The molecule has 0 fully saturated rings. The number of hydrogen-bond acceptors (Lipinski definition) is 3. The van der Waals surface area contributed by atoms with E-state index in [-0.39, 0.29) is 0 Å². The van der Waals surface area contributed by atoms with Crippen LogP contribution in [0.3, 0.4) is 0 Å². The van der Waals surface area contributed by atoms with Gasteiger partial charge in [-0.2, -0.15) is 0 Å². The number of esters is 1. The maximum Gasteiger partial charge on any atom is 0.327 e. The molecule has 84 valence electrons. The Hall–Kier alpha value is -1.81. The second-order valence-corrected chi connectivity index (χ2v) is 3.71. The average molecular weight is 218 g/mol. The molecule has 0 unspecified atom stereocenters. The van der Waals surface area contributed by atoms with E-state index >= 15 is 0 Å². The standard InChI is InChI=1S/C12H14N2O2/c1-7-10(11(13)12(15)16-2)8-5-3-4-6-9(8)14-7/h3-6,11,14H,13H2,1-2H3/t11-/m1/s1. The first-order valence-electron chi connectivity index (χ1n) is 5.05. The van der Waals surface area contributed by atoms with Gasteiger partial charge < -0.3 is 15.5 Å². The van der Waals surface area contributed by atoms with Crippen molar-refractivity contribution in [3.8, 4) is 0 Å². The molecular weight excluding hydrogens is 204 g/mol. The van der Waals surface area contributed by atoms with E-state index in [1.54, 1.807) is 0 Å². The van der Waals surface area contributed by atoms with E-state index in [9.17, 15) is 4.79 Å². The molecule has 0 aliphatic heterocycles. The van der Waals surface area contributed by atoms with E-state index in [4.69, 9.17) is 5.73 Å². The monoisotopic (exact) mass is 218 g/mol. The zero-order valence-corrected chi connectivity index (χ0v) is 9.28. The molecule has 0 amide bonds. The highest BCUT2D eigenvalue weighted by Gasteiger charge is 2.22. The predicted octanol–water partition coefficient (Wildman–Crippen LogP) is 1.65. The third kappa shape index (κ3) is 1.57. The van der Waals surface area contributed by atoms with E-state index in [2.05, 4.69) is 9.72 Å². The molecule has 2 rings (SSSR count). The predicted molar refractivity (Wildman–Crippen MR) is 62.0 cm³/mol. The number of aromatic nitrogens is 1. The Kier molecular flexibility index (Phi) is 2.66. The highest BCUT2D eigenvalue weighted by atomic mass is 16.5. The molecule has 0 saturated carbocycles. The van der Waals surface area contributed by atoms with Crippen molar-refractivity contribution in [2.45, 2.75) is 13.0 Å². The third-order valence-corrected chi connectivity index (χ3v) is 2.71. The van der Waals surface area contributed by atoms with Crippen molar-refractivity contribution < 1.29 is 9.53 Å². The van der Waals surface area contributed by atoms with Crippen molar-refractivity contribution in [3.63, 3.8) is 0 Å². The Morgan fingerprint density at radius 3 is 2.81 bits per heavy atom. The van der Waals surface area contributed by atoms with Gasteiger partial charge in [0.25, 0.3) is 0 Å². The first-order valence-corrected chi connectivity index (χ1v) is 5.05. The molecule has 1 aromatic carbocycles. The molecule has 0 saturated heterocycles. The average Bonchev–Trinajstić information content (AvgIpc) is 2.63. The van der Waals surface area contributed by atoms with Crippen LogP contribution < -0.4 is 5.73 Å². The van der Waals surface area contributed by atoms with Crippen LogP contribution in [0.4, 0.5) is 0 Å². The van der Waals surface area contributed by atoms with Gasteiger partial charge in [-0.05, 0) is 13.0 Å². The minimum Gasteiger partial charge on any atom is -0.468 e. The summed E-state index contributed by atoms with van der Waals surface area (Å²) in [4.78, 5) is 14.6. The Morgan fingerprint density at radius 1 is 1.44 bits per heavy atom. The summed E-state index contributed by atoms with van der Waals surface area (Å²) in [5, 5.41) is 0.970. The second kappa shape index (κ2) is 3.98. The molecule has 1 aromatic heterocycles. The fourth-order valence-electron chi connectivity index (χ4n) is 1.94. The maximum absolute atomic E-state index is 11.4. The minimum atomic E-state index is -0.735. The molecule has 0 spiro atoms. The van der Waals surface area contributed by atoms with Crippen molar-refractivity contribution in [1.82, 2.24) is 4.98 Å². The Labute approximate surface area is 93.4 Å². The fourth-order valence-corrected chi connectivity index (χ4v) is 1.94. The molecule has 2 aromatic rings. The zero-order chi connectivity index (χ0) is 11.7. The number of aromatic amines is 1. The summed E-state index contributed by atoms with van der Waals surface area (Å²) in [5.41, 5.74) is 8.56. The topological polar surface area (TPSA) is 68.1 Å². The molecule has 0 radical (unpaired) electrons. The first-order chi connectivity index (χ1) is 7.65. The number of carbonyl (C=O) groups is 1. The number of H-pyrrole nitrogens is 1. The van der Waals surface area contributed by atoms with Crippen molar-refractivity contribution >= 4 is 16.9 Å². The molecule has 4 heteroatoms. The number of hydrogen-bond donors (Lipinski definition) is 2. The molecule has 0 aliphatic carbocycles. The van der Waals surface area contributed by atoms with Crippen LogP contribution in [-0.2, 0) is 9.53 Å². The van der Waals surface area contributed by atoms with E-state index in [1.165, 1.54) is 7.11 Å². The van der Waals surface area contributed by atoms with Gasteiger partial charge in [0.15, 0.2) is 0 Å². The fraction of sp³-hybridized carbons (Fsp3) is 0.250. The van der Waals surface area contributed by atoms with Gasteiger partial charge in [-0.15, -0.1) is 0 Å². The van der Waals surface area contributed by atoms with Crippen LogP contribution in [0.25, 0.3) is 10.9 Å². The molecule has 4 nitrogen and oxygen atoms in total. The lowest BCUT2D eigenvalue weighted by Gasteiger charge is -2.09. The van der Waals surface area contributed by atoms with E-state index in [1.807, 2.05) is 31.2 Å². The SMILES string of the molecule is COC(=O)[C@H](N)c1c(C)[nH]c2ccccc12. The molecule has 3 N–H and O–H groups in total. The van der Waals surface area contributed by atoms with Crippen LogP contribution in [0.15, 0.2) is 24.3 Å². The number of ether oxygens (including phenoxy) is 1. The lowest BCUT2D eigenvalue weighted by molar-refractivity contribution is -0.142. The molecule has 0 bridgehead atoms. The molecule has 16 heavy (non-hydrogen) atoms. The summed E-state index contributed by atoms with van der Waals surface area (Å²) in [5.74, 6) is -0.423. The summed E-state index contributed by atoms with van der Waals surface area (Å²) >= 11 is 0. The Morgan fingerprint density at radius 2 is 2.12 bits per heavy atom. The number of nitrogens with two attached hydrogens (primary N) is 1. The number of benzene rings is 1. The van der Waals surface area contributed by atoms with E-state index in [0.29, 0.717) is 0 Å². The summed E-state index contributed by atoms with van der Waals surface area (Å²) in [6.45, 7) is 1.90. The first kappa shape index (κ1) is 10.7. The van der Waals surface area contributed by atoms with Crippen molar-refractivity contribution in [3.05, 3.63) is 35.5 Å². The Balaban J connectivity index is 2.59. The molecule has 0 aliphatic rings. The lowest BCUT2D eigenvalue weighted by atomic mass is 10.0. The van der Waals surface area contributed by atoms with Crippen molar-refractivity contribution in [1.29, 1.82) is 0 Å². The minimum absolute atomic E-state index is 0.423. The third-order valence-electron chi connectivity index (χ3n) is 2.71. The molecule has 1 heterocycles. The van der Waals surface area contributed by atoms with Gasteiger partial charge in [0.2, 0.25) is 0 Å². The largest absolute Gasteiger partial charge is 0.468 e. The summed E-state index contributed by atoms with van der Waals surface area (Å²) in [7, 11) is 1.34. The van der Waals surface area contributed by atoms with Gasteiger partial charge >= 0.3 is 5.97 Å². The molecular formula is C12H14N2O2. The number of para-hydroxylation sites is 1. The van der Waals surface area contributed by atoms with Crippen molar-refractivity contribution in [2.24, 2.45) is 5.73 Å². The number of carbonyl (C=O) groups excluding carboxylic acids is 1. The number of aryl methyl sites for hydroxylation is 1. The van der Waals surface area contributed by atoms with Gasteiger partial charge in [0.05, 0.1) is 7.11 Å². The summed E-state index contributed by atoms with van der Waals surface area (Å²) < 4.78 is 4.66. The van der Waals surface area contributed by atoms with Gasteiger partial charge in [-0.1, -0.05) is 18.2 Å². The zero-order valence-electron chi connectivity index (χ0n) is 9.28. The van der Waals surface area contributed by atoms with Crippen LogP contribution in [-0.4, -0.2) is 18.1 Å². The Bertz CT molecular complexity index is 531. The normalized spacial score (nSPS) is 12.7. The van der Waals surface area contributed by atoms with Crippen LogP contribution >= 0.6 is 0 Å². The van der Waals surface area contributed by atoms with Crippen molar-refractivity contribution in [2.75, 3.05) is 7.11 Å². The number of rotatable bonds is 2. The lowest BCUT2D eigenvalue weighted by Crippen LogP contribution is -2.23. The quantitative estimate of drug-likeness (QED) is 0.753.